The van der Waals surface area contributed by atoms with Crippen LogP contribution < -0.4 is 0 Å². The second-order valence-corrected chi connectivity index (χ2v) is 5.65. The number of hydrogen-bond donors (Lipinski definition) is 0. The van der Waals surface area contributed by atoms with Crippen molar-refractivity contribution in [3.05, 3.63) is 41.5 Å². The van der Waals surface area contributed by atoms with E-state index in [9.17, 15) is 4.79 Å². The number of carbonyl (C=O) groups is 1. The summed E-state index contributed by atoms with van der Waals surface area (Å²) in [6, 6.07) is 8.88. The number of allylic oxidation sites excluding steroid dienone is 2. The Labute approximate surface area is 116 Å². The molecule has 1 aromatic carbocycles. The topological polar surface area (TPSA) is 17.1 Å². The van der Waals surface area contributed by atoms with Gasteiger partial charge in [0.2, 0.25) is 0 Å². The summed E-state index contributed by atoms with van der Waals surface area (Å²) in [7, 11) is 0. The van der Waals surface area contributed by atoms with Gasteiger partial charge in [0.25, 0.3) is 0 Å². The van der Waals surface area contributed by atoms with E-state index in [0.29, 0.717) is 6.42 Å². The van der Waals surface area contributed by atoms with Crippen LogP contribution in [0, 0.1) is 0 Å². The van der Waals surface area contributed by atoms with Crippen LogP contribution in [0.5, 0.6) is 0 Å². The van der Waals surface area contributed by atoms with Crippen molar-refractivity contribution < 1.29 is 4.79 Å². The lowest BCUT2D eigenvalue weighted by atomic mass is 9.83. The van der Waals surface area contributed by atoms with E-state index >= 15 is 0 Å². The monoisotopic (exact) mass is 256 g/mol. The molecule has 0 amide bonds. The number of benzene rings is 1. The summed E-state index contributed by atoms with van der Waals surface area (Å²) in [6.45, 7) is 3.66. The van der Waals surface area contributed by atoms with Gasteiger partial charge in [0.05, 0.1) is 0 Å². The van der Waals surface area contributed by atoms with Crippen LogP contribution in [-0.2, 0) is 4.79 Å². The van der Waals surface area contributed by atoms with E-state index in [4.69, 9.17) is 0 Å². The Bertz CT molecular complexity index is 447. The van der Waals surface area contributed by atoms with E-state index in [1.807, 2.05) is 6.92 Å². The maximum atomic E-state index is 11.3. The van der Waals surface area contributed by atoms with Crippen LogP contribution >= 0.6 is 0 Å². The van der Waals surface area contributed by atoms with Crippen LogP contribution in [-0.4, -0.2) is 5.78 Å². The van der Waals surface area contributed by atoms with E-state index in [1.54, 1.807) is 6.92 Å². The molecule has 102 valence electrons. The Morgan fingerprint density at radius 2 is 1.79 bits per heavy atom. The minimum Gasteiger partial charge on any atom is -0.300 e. The molecule has 1 aliphatic rings. The summed E-state index contributed by atoms with van der Waals surface area (Å²) in [6.07, 6.45) is 9.41. The smallest absolute Gasteiger partial charge is 0.134 e. The second kappa shape index (κ2) is 6.70. The van der Waals surface area contributed by atoms with Crippen LogP contribution in [0.15, 0.2) is 30.3 Å². The van der Waals surface area contributed by atoms with E-state index < -0.39 is 0 Å². The molecule has 0 bridgehead atoms. The Morgan fingerprint density at radius 3 is 2.32 bits per heavy atom. The first kappa shape index (κ1) is 14.0. The standard InChI is InChI=1S/C18H24O/c1-3-15(13-14(2)19)17-9-11-18(12-10-17)16-7-5-4-6-8-16/h3,9-12,16H,4-8,13H2,1-2H3/b15-3-. The number of rotatable bonds is 4. The molecule has 0 N–H and O–H groups in total. The summed E-state index contributed by atoms with van der Waals surface area (Å²) in [5.74, 6) is 0.981. The first-order valence-corrected chi connectivity index (χ1v) is 7.45. The molecule has 19 heavy (non-hydrogen) atoms. The fourth-order valence-corrected chi connectivity index (χ4v) is 3.04. The summed E-state index contributed by atoms with van der Waals surface area (Å²) >= 11 is 0. The third kappa shape index (κ3) is 3.79. The number of Topliss-reactive ketones (excluding diaryl/α,β-unsaturated/α-hetero) is 1. The highest BCUT2D eigenvalue weighted by Gasteiger charge is 2.15. The Kier molecular flexibility index (Phi) is 4.95. The van der Waals surface area contributed by atoms with Crippen molar-refractivity contribution in [1.82, 2.24) is 0 Å². The maximum Gasteiger partial charge on any atom is 0.134 e. The minimum atomic E-state index is 0.226. The quantitative estimate of drug-likeness (QED) is 0.731. The van der Waals surface area contributed by atoms with Gasteiger partial charge in [-0.2, -0.15) is 0 Å². The SMILES string of the molecule is C/C=C(/CC(C)=O)c1ccc(C2CCCCC2)cc1. The molecule has 1 nitrogen and oxygen atoms in total. The van der Waals surface area contributed by atoms with Gasteiger partial charge < -0.3 is 0 Å². The highest BCUT2D eigenvalue weighted by atomic mass is 16.1. The Balaban J connectivity index is 2.10. The predicted molar refractivity (Wildman–Crippen MR) is 81.2 cm³/mol. The summed E-state index contributed by atoms with van der Waals surface area (Å²) < 4.78 is 0. The molecule has 1 fully saturated rings. The van der Waals surface area contributed by atoms with Gasteiger partial charge in [0, 0.05) is 6.42 Å². The van der Waals surface area contributed by atoms with Crippen molar-refractivity contribution >= 4 is 11.4 Å². The lowest BCUT2D eigenvalue weighted by molar-refractivity contribution is -0.116. The van der Waals surface area contributed by atoms with Gasteiger partial charge in [-0.25, -0.2) is 0 Å². The lowest BCUT2D eigenvalue weighted by Crippen LogP contribution is -2.04. The van der Waals surface area contributed by atoms with Crippen LogP contribution in [0.1, 0.15) is 69.4 Å². The molecular weight excluding hydrogens is 232 g/mol. The fourth-order valence-electron chi connectivity index (χ4n) is 3.04. The molecule has 1 aliphatic carbocycles. The zero-order valence-electron chi connectivity index (χ0n) is 12.1. The highest BCUT2D eigenvalue weighted by Crippen LogP contribution is 2.33. The van der Waals surface area contributed by atoms with E-state index in [2.05, 4.69) is 30.3 Å². The molecule has 0 unspecified atom stereocenters. The average molecular weight is 256 g/mol. The Morgan fingerprint density at radius 1 is 1.16 bits per heavy atom. The summed E-state index contributed by atoms with van der Waals surface area (Å²) in [5, 5.41) is 0. The third-order valence-corrected chi connectivity index (χ3v) is 4.15. The molecule has 1 heteroatoms. The zero-order valence-corrected chi connectivity index (χ0v) is 12.1. The predicted octanol–water partition coefficient (Wildman–Crippen LogP) is 5.12. The first-order valence-electron chi connectivity index (χ1n) is 7.45. The Hall–Kier alpha value is -1.37. The van der Waals surface area contributed by atoms with Crippen LogP contribution in [0.2, 0.25) is 0 Å². The van der Waals surface area contributed by atoms with Gasteiger partial charge in [0.1, 0.15) is 5.78 Å². The largest absolute Gasteiger partial charge is 0.300 e. The van der Waals surface area contributed by atoms with Crippen molar-refractivity contribution in [2.75, 3.05) is 0 Å². The van der Waals surface area contributed by atoms with Crippen LogP contribution in [0.4, 0.5) is 0 Å². The van der Waals surface area contributed by atoms with Gasteiger partial charge in [-0.15, -0.1) is 0 Å². The molecule has 0 atom stereocenters. The fraction of sp³-hybridized carbons (Fsp3) is 0.500. The minimum absolute atomic E-state index is 0.226. The summed E-state index contributed by atoms with van der Waals surface area (Å²) in [4.78, 5) is 11.3. The van der Waals surface area contributed by atoms with Crippen molar-refractivity contribution in [2.45, 2.75) is 58.3 Å². The van der Waals surface area contributed by atoms with Gasteiger partial charge in [0.15, 0.2) is 0 Å². The molecule has 0 heterocycles. The average Bonchev–Trinajstić information content (AvgIpc) is 2.46. The second-order valence-electron chi connectivity index (χ2n) is 5.65. The van der Waals surface area contributed by atoms with E-state index in [-0.39, 0.29) is 5.78 Å². The zero-order chi connectivity index (χ0) is 13.7. The van der Waals surface area contributed by atoms with Gasteiger partial charge in [-0.1, -0.05) is 49.6 Å². The normalized spacial score (nSPS) is 17.5. The van der Waals surface area contributed by atoms with Gasteiger partial charge in [-0.3, -0.25) is 4.79 Å². The first-order chi connectivity index (χ1) is 9.20. The molecule has 0 radical (unpaired) electrons. The van der Waals surface area contributed by atoms with Gasteiger partial charge in [-0.05, 0) is 49.3 Å². The number of hydrogen-bond acceptors (Lipinski definition) is 1. The molecule has 0 aliphatic heterocycles. The number of ketones is 1. The van der Waals surface area contributed by atoms with E-state index in [0.717, 1.165) is 11.5 Å². The van der Waals surface area contributed by atoms with Crippen molar-refractivity contribution in [1.29, 1.82) is 0 Å². The van der Waals surface area contributed by atoms with Crippen LogP contribution in [0.25, 0.3) is 5.57 Å². The molecule has 1 saturated carbocycles. The van der Waals surface area contributed by atoms with Crippen molar-refractivity contribution in [3.63, 3.8) is 0 Å². The molecular formula is C18H24O. The van der Waals surface area contributed by atoms with Crippen molar-refractivity contribution in [2.24, 2.45) is 0 Å². The summed E-state index contributed by atoms with van der Waals surface area (Å²) in [5.41, 5.74) is 3.81. The van der Waals surface area contributed by atoms with E-state index in [1.165, 1.54) is 43.2 Å². The van der Waals surface area contributed by atoms with Crippen molar-refractivity contribution in [3.8, 4) is 0 Å². The third-order valence-electron chi connectivity index (χ3n) is 4.15. The molecule has 0 spiro atoms. The molecule has 0 aromatic heterocycles. The maximum absolute atomic E-state index is 11.3. The molecule has 1 aromatic rings. The van der Waals surface area contributed by atoms with Crippen LogP contribution in [0.3, 0.4) is 0 Å². The van der Waals surface area contributed by atoms with Gasteiger partial charge >= 0.3 is 0 Å². The molecule has 0 saturated heterocycles. The number of carbonyl (C=O) groups excluding carboxylic acids is 1. The lowest BCUT2D eigenvalue weighted by Gasteiger charge is -2.22. The highest BCUT2D eigenvalue weighted by molar-refractivity contribution is 5.88. The molecule has 2 rings (SSSR count).